The lowest BCUT2D eigenvalue weighted by molar-refractivity contribution is 0.0603. The maximum absolute atomic E-state index is 12.2. The number of ether oxygens (including phenoxy) is 1. The number of piperidine rings is 3. The van der Waals surface area contributed by atoms with Crippen LogP contribution in [-0.4, -0.2) is 53.4 Å². The number of hydrogen-bond donors (Lipinski definition) is 1. The Bertz CT molecular complexity index is 777. The fraction of sp³-hybridized carbons (Fsp3) is 0.579. The highest BCUT2D eigenvalue weighted by molar-refractivity contribution is 6.04. The first-order valence-electron chi connectivity index (χ1n) is 9.23. The van der Waals surface area contributed by atoms with Crippen LogP contribution in [0.4, 0.5) is 0 Å². The molecule has 3 aliphatic heterocycles. The van der Waals surface area contributed by atoms with Gasteiger partial charge in [0.1, 0.15) is 0 Å². The Kier molecular flexibility index (Phi) is 4.48. The van der Waals surface area contributed by atoms with E-state index in [2.05, 4.69) is 17.1 Å². The van der Waals surface area contributed by atoms with Crippen LogP contribution >= 0.6 is 0 Å². The summed E-state index contributed by atoms with van der Waals surface area (Å²) in [4.78, 5) is 14.7. The number of methoxy groups -OCH3 is 1. The SMILES string of the molecule is CCn1nc(CNC2CN3CCC2CC3)c2c(C(=O)OC)cccc21. The lowest BCUT2D eigenvalue weighted by Gasteiger charge is -2.45. The standard InChI is InChI=1S/C19H26N4O2/c1-3-23-17-6-4-5-14(19(24)25-2)18(17)15(21-23)11-20-16-12-22-9-7-13(16)8-10-22/h4-6,13,16,20H,3,7-12H2,1-2H3. The van der Waals surface area contributed by atoms with Crippen molar-refractivity contribution in [2.45, 2.75) is 38.9 Å². The highest BCUT2D eigenvalue weighted by atomic mass is 16.5. The molecule has 1 aromatic heterocycles. The van der Waals surface area contributed by atoms with Gasteiger partial charge in [0, 0.05) is 31.1 Å². The van der Waals surface area contributed by atoms with Crippen LogP contribution in [0.5, 0.6) is 0 Å². The van der Waals surface area contributed by atoms with Crippen molar-refractivity contribution < 1.29 is 9.53 Å². The van der Waals surface area contributed by atoms with Gasteiger partial charge in [0.2, 0.25) is 0 Å². The number of esters is 1. The molecule has 0 spiro atoms. The molecule has 0 radical (unpaired) electrons. The lowest BCUT2D eigenvalue weighted by Crippen LogP contribution is -2.55. The summed E-state index contributed by atoms with van der Waals surface area (Å²) in [5.41, 5.74) is 2.54. The number of rotatable bonds is 5. The third kappa shape index (κ3) is 2.93. The molecule has 4 heterocycles. The predicted octanol–water partition coefficient (Wildman–Crippen LogP) is 2.03. The maximum atomic E-state index is 12.2. The molecule has 0 aliphatic carbocycles. The van der Waals surface area contributed by atoms with Crippen molar-refractivity contribution in [3.05, 3.63) is 29.5 Å². The van der Waals surface area contributed by atoms with Crippen LogP contribution < -0.4 is 5.32 Å². The first-order chi connectivity index (χ1) is 12.2. The molecule has 1 N–H and O–H groups in total. The Labute approximate surface area is 148 Å². The van der Waals surface area contributed by atoms with Crippen molar-refractivity contribution in [1.29, 1.82) is 0 Å². The van der Waals surface area contributed by atoms with Gasteiger partial charge in [-0.2, -0.15) is 5.10 Å². The normalized spacial score (nSPS) is 25.4. The van der Waals surface area contributed by atoms with E-state index in [4.69, 9.17) is 9.84 Å². The second-order valence-corrected chi connectivity index (χ2v) is 7.08. The number of fused-ring (bicyclic) bond motifs is 4. The zero-order valence-corrected chi connectivity index (χ0v) is 15.0. The fourth-order valence-electron chi connectivity index (χ4n) is 4.38. The number of aryl methyl sites for hydroxylation is 1. The summed E-state index contributed by atoms with van der Waals surface area (Å²) in [6, 6.07) is 6.27. The Morgan fingerprint density at radius 1 is 1.36 bits per heavy atom. The quantitative estimate of drug-likeness (QED) is 0.843. The van der Waals surface area contributed by atoms with Gasteiger partial charge in [0.05, 0.1) is 23.9 Å². The molecular formula is C19H26N4O2. The third-order valence-electron chi connectivity index (χ3n) is 5.74. The summed E-state index contributed by atoms with van der Waals surface area (Å²) < 4.78 is 6.94. The van der Waals surface area contributed by atoms with Gasteiger partial charge in [-0.25, -0.2) is 4.79 Å². The predicted molar refractivity (Wildman–Crippen MR) is 96.5 cm³/mol. The molecule has 25 heavy (non-hydrogen) atoms. The molecule has 1 unspecified atom stereocenters. The minimum atomic E-state index is -0.301. The van der Waals surface area contributed by atoms with E-state index in [1.807, 2.05) is 22.9 Å². The number of carbonyl (C=O) groups is 1. The van der Waals surface area contributed by atoms with Crippen LogP contribution in [0, 0.1) is 5.92 Å². The van der Waals surface area contributed by atoms with E-state index in [1.165, 1.54) is 33.0 Å². The molecule has 1 aromatic carbocycles. The van der Waals surface area contributed by atoms with Crippen molar-refractivity contribution >= 4 is 16.9 Å². The first-order valence-corrected chi connectivity index (χ1v) is 9.23. The zero-order valence-electron chi connectivity index (χ0n) is 15.0. The molecule has 6 heteroatoms. The van der Waals surface area contributed by atoms with E-state index in [9.17, 15) is 4.79 Å². The number of benzene rings is 1. The van der Waals surface area contributed by atoms with Crippen LogP contribution in [0.1, 0.15) is 35.8 Å². The summed E-state index contributed by atoms with van der Waals surface area (Å²) >= 11 is 0. The summed E-state index contributed by atoms with van der Waals surface area (Å²) in [5.74, 6) is 0.468. The van der Waals surface area contributed by atoms with Crippen molar-refractivity contribution in [2.24, 2.45) is 5.92 Å². The van der Waals surface area contributed by atoms with E-state index in [-0.39, 0.29) is 5.97 Å². The van der Waals surface area contributed by atoms with Gasteiger partial charge in [-0.1, -0.05) is 6.07 Å². The average molecular weight is 342 g/mol. The maximum Gasteiger partial charge on any atom is 0.338 e. The van der Waals surface area contributed by atoms with Crippen molar-refractivity contribution in [2.75, 3.05) is 26.7 Å². The first kappa shape index (κ1) is 16.5. The number of carbonyl (C=O) groups excluding carboxylic acids is 1. The van der Waals surface area contributed by atoms with E-state index in [0.717, 1.165) is 35.6 Å². The molecule has 2 bridgehead atoms. The second-order valence-electron chi connectivity index (χ2n) is 7.08. The number of nitrogens with zero attached hydrogens (tertiary/aromatic N) is 3. The molecule has 0 saturated carbocycles. The van der Waals surface area contributed by atoms with Crippen LogP contribution in [0.25, 0.3) is 10.9 Å². The van der Waals surface area contributed by atoms with Crippen LogP contribution in [0.2, 0.25) is 0 Å². The van der Waals surface area contributed by atoms with E-state index < -0.39 is 0 Å². The zero-order chi connectivity index (χ0) is 17.4. The van der Waals surface area contributed by atoms with Crippen molar-refractivity contribution in [3.63, 3.8) is 0 Å². The largest absolute Gasteiger partial charge is 0.465 e. The topological polar surface area (TPSA) is 59.4 Å². The molecule has 6 nitrogen and oxygen atoms in total. The van der Waals surface area contributed by atoms with Gasteiger partial charge >= 0.3 is 5.97 Å². The monoisotopic (exact) mass is 342 g/mol. The van der Waals surface area contributed by atoms with E-state index in [0.29, 0.717) is 18.2 Å². The van der Waals surface area contributed by atoms with Gasteiger partial charge in [-0.3, -0.25) is 4.68 Å². The van der Waals surface area contributed by atoms with Gasteiger partial charge in [0.25, 0.3) is 0 Å². The molecular weight excluding hydrogens is 316 g/mol. The van der Waals surface area contributed by atoms with Gasteiger partial charge < -0.3 is 15.0 Å². The van der Waals surface area contributed by atoms with E-state index in [1.54, 1.807) is 0 Å². The van der Waals surface area contributed by atoms with Crippen molar-refractivity contribution in [3.8, 4) is 0 Å². The molecule has 2 aromatic rings. The molecule has 3 saturated heterocycles. The summed E-state index contributed by atoms with van der Waals surface area (Å²) in [6.07, 6.45) is 2.57. The summed E-state index contributed by atoms with van der Waals surface area (Å²) in [5, 5.41) is 9.40. The minimum Gasteiger partial charge on any atom is -0.465 e. The molecule has 3 fully saturated rings. The van der Waals surface area contributed by atoms with Crippen molar-refractivity contribution in [1.82, 2.24) is 20.0 Å². The van der Waals surface area contributed by atoms with Gasteiger partial charge in [-0.15, -0.1) is 0 Å². The minimum absolute atomic E-state index is 0.301. The Balaban J connectivity index is 1.63. The number of nitrogens with one attached hydrogen (secondary N) is 1. The van der Waals surface area contributed by atoms with Crippen LogP contribution in [0.15, 0.2) is 18.2 Å². The molecule has 1 atom stereocenters. The highest BCUT2D eigenvalue weighted by Crippen LogP contribution is 2.29. The van der Waals surface area contributed by atoms with Gasteiger partial charge in [-0.05, 0) is 50.9 Å². The smallest absolute Gasteiger partial charge is 0.338 e. The fourth-order valence-corrected chi connectivity index (χ4v) is 4.38. The third-order valence-corrected chi connectivity index (χ3v) is 5.74. The van der Waals surface area contributed by atoms with Crippen LogP contribution in [-0.2, 0) is 17.8 Å². The molecule has 5 rings (SSSR count). The Morgan fingerprint density at radius 3 is 2.80 bits per heavy atom. The summed E-state index contributed by atoms with van der Waals surface area (Å²) in [6.45, 7) is 7.14. The van der Waals surface area contributed by atoms with Gasteiger partial charge in [0.15, 0.2) is 0 Å². The molecule has 3 aliphatic rings. The van der Waals surface area contributed by atoms with Crippen LogP contribution in [0.3, 0.4) is 0 Å². The number of hydrogen-bond acceptors (Lipinski definition) is 5. The van der Waals surface area contributed by atoms with E-state index >= 15 is 0 Å². The Morgan fingerprint density at radius 2 is 2.16 bits per heavy atom. The average Bonchev–Trinajstić information content (AvgIpc) is 3.04. The second kappa shape index (κ2) is 6.77. The lowest BCUT2D eigenvalue weighted by atomic mass is 9.84. The molecule has 134 valence electrons. The number of aromatic nitrogens is 2. The Hall–Kier alpha value is -1.92. The summed E-state index contributed by atoms with van der Waals surface area (Å²) in [7, 11) is 1.43. The highest BCUT2D eigenvalue weighted by Gasteiger charge is 2.33. The molecule has 0 amide bonds.